The molecule has 1 fully saturated rings. The monoisotopic (exact) mass is 322 g/mol. The minimum absolute atomic E-state index is 0.279. The molecule has 0 aliphatic carbocycles. The molecule has 0 aromatic heterocycles. The number of carbonyl (C=O) groups is 1. The number of nitrogens with one attached hydrogen (secondary N) is 1. The summed E-state index contributed by atoms with van der Waals surface area (Å²) in [6.45, 7) is 3.83. The van der Waals surface area contributed by atoms with E-state index >= 15 is 0 Å². The van der Waals surface area contributed by atoms with Crippen LogP contribution in [0.25, 0.3) is 0 Å². The van der Waals surface area contributed by atoms with Crippen molar-refractivity contribution in [2.45, 2.75) is 38.5 Å². The number of hydrogen-bond donors (Lipinski definition) is 2. The molecule has 1 amide bonds. The Morgan fingerprint density at radius 3 is 2.82 bits per heavy atom. The van der Waals surface area contributed by atoms with E-state index in [9.17, 15) is 9.90 Å². The van der Waals surface area contributed by atoms with Crippen LogP contribution in [0.15, 0.2) is 24.3 Å². The van der Waals surface area contributed by atoms with Crippen molar-refractivity contribution in [3.8, 4) is 0 Å². The Hall–Kier alpha value is -1.04. The second-order valence-corrected chi connectivity index (χ2v) is 6.80. The molecule has 1 aliphatic rings. The van der Waals surface area contributed by atoms with Crippen LogP contribution in [0, 0.1) is 0 Å². The van der Waals surface area contributed by atoms with Gasteiger partial charge in [-0.05, 0) is 55.5 Å². The summed E-state index contributed by atoms with van der Waals surface area (Å²) in [5, 5.41) is 12.6. The lowest BCUT2D eigenvalue weighted by atomic mass is 10.1. The zero-order valence-electron chi connectivity index (χ0n) is 13.3. The van der Waals surface area contributed by atoms with E-state index in [0.29, 0.717) is 13.0 Å². The first-order valence-corrected chi connectivity index (χ1v) is 9.33. The molecule has 0 spiro atoms. The van der Waals surface area contributed by atoms with Gasteiger partial charge >= 0.3 is 0 Å². The third-order valence-electron chi connectivity index (χ3n) is 3.96. The van der Waals surface area contributed by atoms with Gasteiger partial charge in [0, 0.05) is 13.1 Å². The number of amides is 1. The average molecular weight is 322 g/mol. The highest BCUT2D eigenvalue weighted by Crippen LogP contribution is 2.14. The van der Waals surface area contributed by atoms with E-state index in [1.807, 2.05) is 18.4 Å². The van der Waals surface area contributed by atoms with Gasteiger partial charge in [-0.1, -0.05) is 24.3 Å². The second-order valence-electron chi connectivity index (χ2n) is 5.82. The number of benzene rings is 1. The van der Waals surface area contributed by atoms with Gasteiger partial charge in [0.15, 0.2) is 0 Å². The third kappa shape index (κ3) is 5.63. The number of aliphatic hydroxyl groups excluding tert-OH is 1. The fourth-order valence-corrected chi connectivity index (χ4v) is 3.16. The third-order valence-corrected chi connectivity index (χ3v) is 4.61. The van der Waals surface area contributed by atoms with Gasteiger partial charge in [0.1, 0.15) is 6.10 Å². The largest absolute Gasteiger partial charge is 0.383 e. The highest BCUT2D eigenvalue weighted by atomic mass is 32.2. The number of rotatable bonds is 8. The van der Waals surface area contributed by atoms with Crippen molar-refractivity contribution in [3.63, 3.8) is 0 Å². The molecular formula is C17H26N2O2S. The normalized spacial score (nSPS) is 16.6. The zero-order chi connectivity index (χ0) is 15.8. The molecule has 1 atom stereocenters. The Balaban J connectivity index is 1.80. The van der Waals surface area contributed by atoms with Gasteiger partial charge in [-0.2, -0.15) is 11.8 Å². The topological polar surface area (TPSA) is 52.6 Å². The predicted octanol–water partition coefficient (Wildman–Crippen LogP) is 2.01. The lowest BCUT2D eigenvalue weighted by Crippen LogP contribution is -2.34. The number of carbonyl (C=O) groups excluding carboxylic acids is 1. The predicted molar refractivity (Wildman–Crippen MR) is 91.8 cm³/mol. The van der Waals surface area contributed by atoms with Crippen LogP contribution in [0.5, 0.6) is 0 Å². The molecule has 0 radical (unpaired) electrons. The van der Waals surface area contributed by atoms with Crippen molar-refractivity contribution in [2.75, 3.05) is 25.1 Å². The summed E-state index contributed by atoms with van der Waals surface area (Å²) in [5.74, 6) is 0.513. The average Bonchev–Trinajstić information content (AvgIpc) is 3.03. The first-order valence-electron chi connectivity index (χ1n) is 7.94. The quantitative estimate of drug-likeness (QED) is 0.769. The van der Waals surface area contributed by atoms with Crippen LogP contribution in [-0.2, 0) is 17.9 Å². The van der Waals surface area contributed by atoms with Gasteiger partial charge in [0.05, 0.1) is 0 Å². The van der Waals surface area contributed by atoms with Crippen molar-refractivity contribution in [1.82, 2.24) is 10.2 Å². The van der Waals surface area contributed by atoms with Crippen LogP contribution in [0.2, 0.25) is 0 Å². The Kier molecular flexibility index (Phi) is 7.22. The molecule has 0 saturated carbocycles. The molecule has 1 aromatic carbocycles. The molecule has 0 bridgehead atoms. The summed E-state index contributed by atoms with van der Waals surface area (Å²) >= 11 is 1.63. The van der Waals surface area contributed by atoms with Gasteiger partial charge in [0.2, 0.25) is 5.91 Å². The van der Waals surface area contributed by atoms with E-state index in [1.165, 1.54) is 31.5 Å². The maximum atomic E-state index is 11.8. The summed E-state index contributed by atoms with van der Waals surface area (Å²) in [6, 6.07) is 8.34. The van der Waals surface area contributed by atoms with Gasteiger partial charge < -0.3 is 10.4 Å². The summed E-state index contributed by atoms with van der Waals surface area (Å²) in [7, 11) is 0. The zero-order valence-corrected chi connectivity index (χ0v) is 14.1. The van der Waals surface area contributed by atoms with E-state index in [2.05, 4.69) is 22.3 Å². The number of aliphatic hydroxyl groups is 1. The van der Waals surface area contributed by atoms with Crippen LogP contribution in [0.1, 0.15) is 30.4 Å². The lowest BCUT2D eigenvalue weighted by molar-refractivity contribution is -0.129. The van der Waals surface area contributed by atoms with Gasteiger partial charge in [0.25, 0.3) is 0 Å². The highest BCUT2D eigenvalue weighted by Gasteiger charge is 2.14. The summed E-state index contributed by atoms with van der Waals surface area (Å²) in [6.07, 6.45) is 4.16. The first kappa shape index (κ1) is 17.3. The Morgan fingerprint density at radius 2 is 2.09 bits per heavy atom. The van der Waals surface area contributed by atoms with Crippen LogP contribution in [0.3, 0.4) is 0 Å². The fourth-order valence-electron chi connectivity index (χ4n) is 2.70. The second kappa shape index (κ2) is 9.18. The van der Waals surface area contributed by atoms with E-state index in [4.69, 9.17) is 0 Å². The van der Waals surface area contributed by atoms with Crippen molar-refractivity contribution in [1.29, 1.82) is 0 Å². The molecule has 2 rings (SSSR count). The number of hydrogen-bond acceptors (Lipinski definition) is 4. The van der Waals surface area contributed by atoms with E-state index < -0.39 is 6.10 Å². The minimum atomic E-state index is -0.903. The SMILES string of the molecule is CSCC[C@H](O)C(=O)NCc1cccc(CN2CCCC2)c1. The molecule has 1 aliphatic heterocycles. The molecule has 0 unspecified atom stereocenters. The van der Waals surface area contributed by atoms with Crippen molar-refractivity contribution >= 4 is 17.7 Å². The van der Waals surface area contributed by atoms with Crippen LogP contribution < -0.4 is 5.32 Å². The molecule has 4 nitrogen and oxygen atoms in total. The first-order chi connectivity index (χ1) is 10.7. The fraction of sp³-hybridized carbons (Fsp3) is 0.588. The van der Waals surface area contributed by atoms with Crippen LogP contribution >= 0.6 is 11.8 Å². The smallest absolute Gasteiger partial charge is 0.249 e. The minimum Gasteiger partial charge on any atom is -0.383 e. The van der Waals surface area contributed by atoms with Crippen LogP contribution in [-0.4, -0.2) is 47.1 Å². The molecule has 1 saturated heterocycles. The Morgan fingerprint density at radius 1 is 1.36 bits per heavy atom. The molecule has 1 aromatic rings. The molecule has 2 N–H and O–H groups in total. The maximum absolute atomic E-state index is 11.8. The molecule has 122 valence electrons. The Bertz CT molecular complexity index is 475. The van der Waals surface area contributed by atoms with Gasteiger partial charge in [-0.15, -0.1) is 0 Å². The number of likely N-dealkylation sites (tertiary alicyclic amines) is 1. The standard InChI is InChI=1S/C17H26N2O2S/c1-22-10-7-16(20)17(21)18-12-14-5-4-6-15(11-14)13-19-8-2-3-9-19/h4-6,11,16,20H,2-3,7-10,12-13H2,1H3,(H,18,21)/t16-/m0/s1. The van der Waals surface area contributed by atoms with Crippen molar-refractivity contribution in [2.24, 2.45) is 0 Å². The van der Waals surface area contributed by atoms with Gasteiger partial charge in [-0.25, -0.2) is 0 Å². The van der Waals surface area contributed by atoms with Crippen LogP contribution in [0.4, 0.5) is 0 Å². The molecule has 22 heavy (non-hydrogen) atoms. The summed E-state index contributed by atoms with van der Waals surface area (Å²) < 4.78 is 0. The van der Waals surface area contributed by atoms with Crippen molar-refractivity contribution < 1.29 is 9.90 Å². The molecular weight excluding hydrogens is 296 g/mol. The Labute approximate surface area is 137 Å². The summed E-state index contributed by atoms with van der Waals surface area (Å²) in [4.78, 5) is 14.3. The number of thioether (sulfide) groups is 1. The van der Waals surface area contributed by atoms with Gasteiger partial charge in [-0.3, -0.25) is 9.69 Å². The van der Waals surface area contributed by atoms with E-state index in [-0.39, 0.29) is 5.91 Å². The van der Waals surface area contributed by atoms with E-state index in [1.54, 1.807) is 11.8 Å². The molecule has 1 heterocycles. The maximum Gasteiger partial charge on any atom is 0.249 e. The van der Waals surface area contributed by atoms with Crippen molar-refractivity contribution in [3.05, 3.63) is 35.4 Å². The highest BCUT2D eigenvalue weighted by molar-refractivity contribution is 7.98. The molecule has 5 heteroatoms. The number of nitrogens with zero attached hydrogens (tertiary/aromatic N) is 1. The summed E-state index contributed by atoms with van der Waals surface area (Å²) in [5.41, 5.74) is 2.37. The lowest BCUT2D eigenvalue weighted by Gasteiger charge is -2.15. The van der Waals surface area contributed by atoms with E-state index in [0.717, 1.165) is 17.9 Å².